The van der Waals surface area contributed by atoms with Gasteiger partial charge in [-0.05, 0) is 25.1 Å². The number of nitrogens with zero attached hydrogens (tertiary/aromatic N) is 2. The van der Waals surface area contributed by atoms with E-state index in [0.29, 0.717) is 11.6 Å². The van der Waals surface area contributed by atoms with Crippen molar-refractivity contribution < 1.29 is 9.59 Å². The van der Waals surface area contributed by atoms with Crippen LogP contribution in [0.5, 0.6) is 0 Å². The highest BCUT2D eigenvalue weighted by Gasteiger charge is 2.35. The summed E-state index contributed by atoms with van der Waals surface area (Å²) in [7, 11) is 0. The van der Waals surface area contributed by atoms with Gasteiger partial charge in [0.2, 0.25) is 11.8 Å². The molecule has 2 aliphatic heterocycles. The van der Waals surface area contributed by atoms with Crippen LogP contribution in [0.2, 0.25) is 0 Å². The lowest BCUT2D eigenvalue weighted by Gasteiger charge is -2.36. The molecule has 1 aromatic rings. The van der Waals surface area contributed by atoms with Crippen LogP contribution in [0.4, 0.5) is 11.4 Å². The van der Waals surface area contributed by atoms with Crippen molar-refractivity contribution >= 4 is 23.2 Å². The lowest BCUT2D eigenvalue weighted by Crippen LogP contribution is -2.52. The molecule has 100 valence electrons. The van der Waals surface area contributed by atoms with Gasteiger partial charge in [0.1, 0.15) is 6.54 Å². The molecule has 2 amide bonds. The number of pyridine rings is 1. The molecule has 0 aliphatic carbocycles. The smallest absolute Gasteiger partial charge is 0.244 e. The van der Waals surface area contributed by atoms with Gasteiger partial charge in [-0.3, -0.25) is 14.6 Å². The van der Waals surface area contributed by atoms with E-state index < -0.39 is 0 Å². The quantitative estimate of drug-likeness (QED) is 0.798. The van der Waals surface area contributed by atoms with Crippen molar-refractivity contribution in [2.24, 2.45) is 11.8 Å². The van der Waals surface area contributed by atoms with Gasteiger partial charge in [-0.25, -0.2) is 0 Å². The Labute approximate surface area is 111 Å². The molecule has 6 heteroatoms. The minimum Gasteiger partial charge on any atom is -0.321 e. The molecule has 1 fully saturated rings. The molecule has 0 aromatic carbocycles. The van der Waals surface area contributed by atoms with Gasteiger partial charge in [0.25, 0.3) is 0 Å². The summed E-state index contributed by atoms with van der Waals surface area (Å²) >= 11 is 0. The maximum atomic E-state index is 12.5. The number of nitrogens with one attached hydrogen (secondary N) is 2. The fraction of sp³-hybridized carbons (Fsp3) is 0.462. The highest BCUT2D eigenvalue weighted by atomic mass is 16.2. The normalized spacial score (nSPS) is 20.3. The summed E-state index contributed by atoms with van der Waals surface area (Å²) in [5.41, 5.74) is 1.34. The molecule has 3 heterocycles. The van der Waals surface area contributed by atoms with E-state index in [1.165, 1.54) is 0 Å². The molecule has 0 radical (unpaired) electrons. The zero-order valence-electron chi connectivity index (χ0n) is 10.7. The second-order valence-electron chi connectivity index (χ2n) is 5.07. The van der Waals surface area contributed by atoms with Gasteiger partial charge in [-0.1, -0.05) is 6.92 Å². The van der Waals surface area contributed by atoms with Gasteiger partial charge in [-0.15, -0.1) is 0 Å². The van der Waals surface area contributed by atoms with Crippen LogP contribution in [-0.4, -0.2) is 36.4 Å². The molecule has 6 nitrogen and oxygen atoms in total. The van der Waals surface area contributed by atoms with Crippen molar-refractivity contribution in [1.29, 1.82) is 0 Å². The first kappa shape index (κ1) is 12.1. The van der Waals surface area contributed by atoms with Crippen molar-refractivity contribution in [2.75, 3.05) is 29.9 Å². The fourth-order valence-electron chi connectivity index (χ4n) is 2.45. The highest BCUT2D eigenvalue weighted by Crippen LogP contribution is 2.30. The van der Waals surface area contributed by atoms with Crippen molar-refractivity contribution in [2.45, 2.75) is 6.92 Å². The first-order chi connectivity index (χ1) is 9.16. The van der Waals surface area contributed by atoms with Gasteiger partial charge in [0.15, 0.2) is 0 Å². The average Bonchev–Trinajstić information content (AvgIpc) is 2.34. The van der Waals surface area contributed by atoms with E-state index in [2.05, 4.69) is 15.6 Å². The summed E-state index contributed by atoms with van der Waals surface area (Å²) in [4.78, 5) is 29.7. The molecule has 0 spiro atoms. The second kappa shape index (κ2) is 4.62. The predicted octanol–water partition coefficient (Wildman–Crippen LogP) is 0.222. The molecular formula is C13H16N4O2. The van der Waals surface area contributed by atoms with Crippen molar-refractivity contribution in [3.8, 4) is 0 Å². The van der Waals surface area contributed by atoms with Gasteiger partial charge in [-0.2, -0.15) is 0 Å². The van der Waals surface area contributed by atoms with Gasteiger partial charge in [0.05, 0.1) is 17.6 Å². The number of hydrogen-bond acceptors (Lipinski definition) is 4. The van der Waals surface area contributed by atoms with Gasteiger partial charge in [0, 0.05) is 12.1 Å². The lowest BCUT2D eigenvalue weighted by molar-refractivity contribution is -0.126. The summed E-state index contributed by atoms with van der Waals surface area (Å²) in [6.07, 6.45) is 3.20. The maximum Gasteiger partial charge on any atom is 0.244 e. The largest absolute Gasteiger partial charge is 0.321 e. The first-order valence-corrected chi connectivity index (χ1v) is 6.43. The van der Waals surface area contributed by atoms with Gasteiger partial charge < -0.3 is 15.5 Å². The van der Waals surface area contributed by atoms with Crippen LogP contribution < -0.4 is 15.5 Å². The monoisotopic (exact) mass is 260 g/mol. The lowest BCUT2D eigenvalue weighted by atomic mass is 9.87. The molecular weight excluding hydrogens is 244 g/mol. The number of amides is 2. The Morgan fingerprint density at radius 2 is 2.32 bits per heavy atom. The van der Waals surface area contributed by atoms with E-state index >= 15 is 0 Å². The highest BCUT2D eigenvalue weighted by molar-refractivity contribution is 6.10. The van der Waals surface area contributed by atoms with E-state index in [1.807, 2.05) is 6.92 Å². The first-order valence-electron chi connectivity index (χ1n) is 6.43. The third kappa shape index (κ3) is 2.08. The third-order valence-electron chi connectivity index (χ3n) is 3.84. The Morgan fingerprint density at radius 1 is 1.53 bits per heavy atom. The van der Waals surface area contributed by atoms with E-state index in [4.69, 9.17) is 0 Å². The van der Waals surface area contributed by atoms with Crippen LogP contribution in [0.25, 0.3) is 0 Å². The number of hydrogen-bond donors (Lipinski definition) is 2. The Kier molecular flexibility index (Phi) is 2.94. The van der Waals surface area contributed by atoms with Crippen molar-refractivity contribution in [1.82, 2.24) is 10.3 Å². The minimum atomic E-state index is -0.173. The van der Waals surface area contributed by atoms with Crippen LogP contribution in [0, 0.1) is 11.8 Å². The number of rotatable bonds is 2. The molecule has 1 aromatic heterocycles. The van der Waals surface area contributed by atoms with Crippen LogP contribution in [0.15, 0.2) is 18.5 Å². The molecule has 1 unspecified atom stereocenters. The van der Waals surface area contributed by atoms with Crippen molar-refractivity contribution in [3.05, 3.63) is 18.5 Å². The Balaban J connectivity index is 1.87. The Hall–Kier alpha value is -1.95. The minimum absolute atomic E-state index is 0.00815. The average molecular weight is 260 g/mol. The summed E-state index contributed by atoms with van der Waals surface area (Å²) < 4.78 is 0. The number of carbonyl (C=O) groups is 2. The topological polar surface area (TPSA) is 74.3 Å². The van der Waals surface area contributed by atoms with Crippen LogP contribution in [-0.2, 0) is 9.59 Å². The second-order valence-corrected chi connectivity index (χ2v) is 5.07. The molecule has 2 N–H and O–H groups in total. The van der Waals surface area contributed by atoms with E-state index in [1.54, 1.807) is 23.4 Å². The van der Waals surface area contributed by atoms with E-state index in [9.17, 15) is 9.59 Å². The summed E-state index contributed by atoms with van der Waals surface area (Å²) in [5.74, 6) is 0.123. The van der Waals surface area contributed by atoms with E-state index in [0.717, 1.165) is 18.8 Å². The summed E-state index contributed by atoms with van der Waals surface area (Å²) in [6, 6.07) is 1.76. The molecule has 1 saturated heterocycles. The SMILES string of the molecule is CC(C(=O)N1CC(=O)Nc2cnccc21)C1CNC1. The molecule has 0 bridgehead atoms. The fourth-order valence-corrected chi connectivity index (χ4v) is 2.45. The van der Waals surface area contributed by atoms with Crippen molar-refractivity contribution in [3.63, 3.8) is 0 Å². The molecule has 1 atom stereocenters. The standard InChI is InChI=1S/C13H16N4O2/c1-8(9-4-15-5-9)13(19)17-7-12(18)16-10-6-14-3-2-11(10)17/h2-3,6,8-9,15H,4-5,7H2,1H3,(H,16,18). The number of carbonyl (C=O) groups excluding carboxylic acids is 2. The maximum absolute atomic E-state index is 12.5. The zero-order valence-corrected chi connectivity index (χ0v) is 10.7. The molecule has 19 heavy (non-hydrogen) atoms. The number of aromatic nitrogens is 1. The van der Waals surface area contributed by atoms with E-state index in [-0.39, 0.29) is 24.3 Å². The molecule has 3 rings (SSSR count). The van der Waals surface area contributed by atoms with Gasteiger partial charge >= 0.3 is 0 Å². The Morgan fingerprint density at radius 3 is 3.00 bits per heavy atom. The zero-order chi connectivity index (χ0) is 13.4. The predicted molar refractivity (Wildman–Crippen MR) is 70.7 cm³/mol. The Bertz CT molecular complexity index is 527. The van der Waals surface area contributed by atoms with Crippen LogP contribution in [0.1, 0.15) is 6.92 Å². The third-order valence-corrected chi connectivity index (χ3v) is 3.84. The number of anilines is 2. The molecule has 0 saturated carbocycles. The van der Waals surface area contributed by atoms with Crippen LogP contribution in [0.3, 0.4) is 0 Å². The summed E-state index contributed by atoms with van der Waals surface area (Å²) in [6.45, 7) is 3.76. The van der Waals surface area contributed by atoms with Crippen LogP contribution >= 0.6 is 0 Å². The molecule has 2 aliphatic rings. The number of fused-ring (bicyclic) bond motifs is 1. The summed E-state index contributed by atoms with van der Waals surface area (Å²) in [5, 5.41) is 5.90.